The maximum absolute atomic E-state index is 12.8. The fourth-order valence-electron chi connectivity index (χ4n) is 4.28. The van der Waals surface area contributed by atoms with Crippen LogP contribution in [0.2, 0.25) is 0 Å². The van der Waals surface area contributed by atoms with Crippen LogP contribution in [-0.2, 0) is 20.9 Å². The van der Waals surface area contributed by atoms with Gasteiger partial charge in [0.15, 0.2) is 0 Å². The quantitative estimate of drug-likeness (QED) is 0.501. The zero-order valence-corrected chi connectivity index (χ0v) is 19.2. The fourth-order valence-corrected chi connectivity index (χ4v) is 5.11. The van der Waals surface area contributed by atoms with Gasteiger partial charge in [-0.1, -0.05) is 48.0 Å². The van der Waals surface area contributed by atoms with Gasteiger partial charge in [0.1, 0.15) is 0 Å². The van der Waals surface area contributed by atoms with Gasteiger partial charge in [-0.05, 0) is 37.5 Å². The average molecular weight is 452 g/mol. The molecule has 0 N–H and O–H groups in total. The number of carbonyl (C=O) groups excluding carboxylic acids is 3. The van der Waals surface area contributed by atoms with E-state index in [9.17, 15) is 14.4 Å². The molecule has 2 aromatic carbocycles. The summed E-state index contributed by atoms with van der Waals surface area (Å²) in [5.74, 6) is -0.283. The molecular weight excluding hydrogens is 422 g/mol. The molecule has 0 bridgehead atoms. The van der Waals surface area contributed by atoms with Crippen molar-refractivity contribution in [3.05, 3.63) is 65.7 Å². The van der Waals surface area contributed by atoms with Crippen molar-refractivity contribution < 1.29 is 14.4 Å². The van der Waals surface area contributed by atoms with Crippen LogP contribution in [0.25, 0.3) is 0 Å². The van der Waals surface area contributed by atoms with Crippen LogP contribution in [0, 0.1) is 6.92 Å². The summed E-state index contributed by atoms with van der Waals surface area (Å²) in [6, 6.07) is 18.0. The summed E-state index contributed by atoms with van der Waals surface area (Å²) in [6.07, 6.45) is 1.44. The van der Waals surface area contributed by atoms with E-state index in [1.807, 2.05) is 66.4 Å². The lowest BCUT2D eigenvalue weighted by atomic mass is 10.0. The maximum Gasteiger partial charge on any atom is 0.312 e. The summed E-state index contributed by atoms with van der Waals surface area (Å²) in [6.45, 7) is 4.85. The first-order chi connectivity index (χ1) is 15.5. The minimum atomic E-state index is -0.422. The number of carbonyl (C=O) groups is 3. The van der Waals surface area contributed by atoms with Crippen LogP contribution >= 0.6 is 11.8 Å². The van der Waals surface area contributed by atoms with Gasteiger partial charge in [-0.2, -0.15) is 0 Å². The van der Waals surface area contributed by atoms with Crippen molar-refractivity contribution >= 4 is 29.5 Å². The lowest BCUT2D eigenvalue weighted by Crippen LogP contribution is -2.59. The van der Waals surface area contributed by atoms with E-state index in [0.29, 0.717) is 38.5 Å². The first kappa shape index (κ1) is 22.4. The van der Waals surface area contributed by atoms with Gasteiger partial charge in [0.05, 0.1) is 5.75 Å². The molecule has 2 aliphatic heterocycles. The molecule has 2 heterocycles. The van der Waals surface area contributed by atoms with E-state index < -0.39 is 11.8 Å². The van der Waals surface area contributed by atoms with E-state index in [2.05, 4.69) is 0 Å². The van der Waals surface area contributed by atoms with Gasteiger partial charge in [0, 0.05) is 43.7 Å². The van der Waals surface area contributed by atoms with Crippen LogP contribution in [-0.4, -0.2) is 70.4 Å². The first-order valence-electron chi connectivity index (χ1n) is 11.1. The van der Waals surface area contributed by atoms with Crippen LogP contribution in [0.4, 0.5) is 0 Å². The second-order valence-corrected chi connectivity index (χ2v) is 9.47. The molecule has 2 aromatic rings. The van der Waals surface area contributed by atoms with Crippen molar-refractivity contribution in [1.82, 2.24) is 14.7 Å². The monoisotopic (exact) mass is 451 g/mol. The lowest BCUT2D eigenvalue weighted by molar-refractivity contribution is -0.159. The van der Waals surface area contributed by atoms with Crippen LogP contribution in [0.5, 0.6) is 0 Å². The number of rotatable bonds is 6. The molecule has 32 heavy (non-hydrogen) atoms. The van der Waals surface area contributed by atoms with E-state index in [1.54, 1.807) is 21.6 Å². The Hall–Kier alpha value is -2.80. The van der Waals surface area contributed by atoms with Gasteiger partial charge in [-0.15, -0.1) is 11.8 Å². The van der Waals surface area contributed by atoms with E-state index in [0.717, 1.165) is 23.3 Å². The van der Waals surface area contributed by atoms with Gasteiger partial charge < -0.3 is 14.7 Å². The second kappa shape index (κ2) is 10.2. The van der Waals surface area contributed by atoms with Crippen molar-refractivity contribution in [2.45, 2.75) is 37.2 Å². The highest BCUT2D eigenvalue weighted by Crippen LogP contribution is 2.23. The van der Waals surface area contributed by atoms with Crippen LogP contribution in [0.1, 0.15) is 24.0 Å². The number of nitrogens with zero attached hydrogens (tertiary/aromatic N) is 3. The number of likely N-dealkylation sites (tertiary alicyclic amines) is 1. The first-order valence-corrected chi connectivity index (χ1v) is 12.1. The summed E-state index contributed by atoms with van der Waals surface area (Å²) >= 11 is 1.55. The molecule has 4 rings (SSSR count). The van der Waals surface area contributed by atoms with Crippen LogP contribution in [0.15, 0.2) is 59.5 Å². The molecule has 0 aliphatic carbocycles. The predicted molar refractivity (Wildman–Crippen MR) is 125 cm³/mol. The summed E-state index contributed by atoms with van der Waals surface area (Å²) < 4.78 is 0. The van der Waals surface area contributed by atoms with Gasteiger partial charge in [-0.25, -0.2) is 0 Å². The van der Waals surface area contributed by atoms with Crippen LogP contribution in [0.3, 0.4) is 0 Å². The Bertz CT molecular complexity index is 956. The lowest BCUT2D eigenvalue weighted by Gasteiger charge is -2.42. The Balaban J connectivity index is 1.25. The maximum atomic E-state index is 12.8. The van der Waals surface area contributed by atoms with E-state index in [1.165, 1.54) is 5.56 Å². The SMILES string of the molecule is Cc1ccc(CN2CCN(C3CCN(C(=O)CSc4ccccc4)CC3)C(=O)C2=O)cc1. The summed E-state index contributed by atoms with van der Waals surface area (Å²) in [5, 5.41) is 0. The topological polar surface area (TPSA) is 60.9 Å². The van der Waals surface area contributed by atoms with E-state index >= 15 is 0 Å². The number of benzene rings is 2. The van der Waals surface area contributed by atoms with Crippen molar-refractivity contribution in [3.8, 4) is 0 Å². The number of piperazine rings is 1. The van der Waals surface area contributed by atoms with Crippen molar-refractivity contribution in [2.24, 2.45) is 0 Å². The Labute approximate surface area is 193 Å². The summed E-state index contributed by atoms with van der Waals surface area (Å²) in [4.78, 5) is 44.4. The molecule has 168 valence electrons. The molecule has 6 nitrogen and oxygen atoms in total. The van der Waals surface area contributed by atoms with Crippen molar-refractivity contribution in [1.29, 1.82) is 0 Å². The Morgan fingerprint density at radius 3 is 2.28 bits per heavy atom. The molecule has 3 amide bonds. The van der Waals surface area contributed by atoms with Gasteiger partial charge in [-0.3, -0.25) is 14.4 Å². The van der Waals surface area contributed by atoms with Gasteiger partial charge in [0.2, 0.25) is 5.91 Å². The molecular formula is C25H29N3O3S. The Morgan fingerprint density at radius 1 is 0.906 bits per heavy atom. The molecule has 0 unspecified atom stereocenters. The highest BCUT2D eigenvalue weighted by Gasteiger charge is 2.37. The Morgan fingerprint density at radius 2 is 1.59 bits per heavy atom. The normalized spacial score (nSPS) is 17.7. The molecule has 2 aliphatic rings. The Kier molecular flexibility index (Phi) is 7.15. The predicted octanol–water partition coefficient (Wildman–Crippen LogP) is 2.95. The second-order valence-electron chi connectivity index (χ2n) is 8.42. The number of hydrogen-bond donors (Lipinski definition) is 0. The molecule has 0 atom stereocenters. The van der Waals surface area contributed by atoms with E-state index in [-0.39, 0.29) is 11.9 Å². The molecule has 2 fully saturated rings. The van der Waals surface area contributed by atoms with Gasteiger partial charge >= 0.3 is 11.8 Å². The smallest absolute Gasteiger partial charge is 0.312 e. The summed E-state index contributed by atoms with van der Waals surface area (Å²) in [7, 11) is 0. The molecule has 7 heteroatoms. The molecule has 0 radical (unpaired) electrons. The standard InChI is InChI=1S/C25H29N3O3S/c1-19-7-9-20(10-8-19)17-27-15-16-28(25(31)24(27)30)21-11-13-26(14-12-21)23(29)18-32-22-5-3-2-4-6-22/h2-10,21H,11-18H2,1H3. The minimum Gasteiger partial charge on any atom is -0.342 e. The number of aryl methyl sites for hydroxylation is 1. The van der Waals surface area contributed by atoms with Crippen molar-refractivity contribution in [3.63, 3.8) is 0 Å². The zero-order valence-electron chi connectivity index (χ0n) is 18.4. The number of amides is 3. The molecule has 0 aromatic heterocycles. The number of hydrogen-bond acceptors (Lipinski definition) is 4. The van der Waals surface area contributed by atoms with E-state index in [4.69, 9.17) is 0 Å². The third-order valence-electron chi connectivity index (χ3n) is 6.20. The zero-order chi connectivity index (χ0) is 22.5. The molecule has 2 saturated heterocycles. The minimum absolute atomic E-state index is 0.0267. The average Bonchev–Trinajstić information content (AvgIpc) is 2.83. The van der Waals surface area contributed by atoms with Crippen molar-refractivity contribution in [2.75, 3.05) is 31.9 Å². The number of thioether (sulfide) groups is 1. The fraction of sp³-hybridized carbons (Fsp3) is 0.400. The number of piperidine rings is 1. The molecule has 0 spiro atoms. The largest absolute Gasteiger partial charge is 0.342 e. The third kappa shape index (κ3) is 5.33. The molecule has 0 saturated carbocycles. The van der Waals surface area contributed by atoms with Crippen LogP contribution < -0.4 is 0 Å². The summed E-state index contributed by atoms with van der Waals surface area (Å²) in [5.41, 5.74) is 2.20. The highest BCUT2D eigenvalue weighted by atomic mass is 32.2. The third-order valence-corrected chi connectivity index (χ3v) is 7.20. The van der Waals surface area contributed by atoms with Gasteiger partial charge in [0.25, 0.3) is 0 Å². The highest BCUT2D eigenvalue weighted by molar-refractivity contribution is 8.00.